The fourth-order valence-electron chi connectivity index (χ4n) is 1.38. The molecule has 100 valence electrons. The molecule has 1 N–H and O–H groups in total. The molecule has 0 aromatic heterocycles. The molecule has 0 bridgehead atoms. The summed E-state index contributed by atoms with van der Waals surface area (Å²) in [5.74, 6) is -0.126. The van der Waals surface area contributed by atoms with Gasteiger partial charge in [0.15, 0.2) is 0 Å². The van der Waals surface area contributed by atoms with Crippen LogP contribution in [0.5, 0.6) is 0 Å². The first-order valence-corrected chi connectivity index (χ1v) is 8.78. The monoisotopic (exact) mass is 459 g/mol. The average molecular weight is 462 g/mol. The van der Waals surface area contributed by atoms with Gasteiger partial charge in [0, 0.05) is 25.7 Å². The molecule has 0 aliphatic rings. The van der Waals surface area contributed by atoms with Crippen molar-refractivity contribution in [3.05, 3.63) is 33.3 Å². The Morgan fingerprint density at radius 2 is 1.94 bits per heavy atom. The molecule has 2 nitrogen and oxygen atoms in total. The molecule has 0 aliphatic carbocycles. The Morgan fingerprint density at radius 1 is 1.33 bits per heavy atom. The molecule has 0 aliphatic heterocycles. The van der Waals surface area contributed by atoms with Gasteiger partial charge < -0.3 is 5.32 Å². The normalized spacial score (nSPS) is 11.4. The zero-order valence-electron chi connectivity index (χ0n) is 9.77. The van der Waals surface area contributed by atoms with Crippen LogP contribution in [-0.4, -0.2) is 22.1 Å². The van der Waals surface area contributed by atoms with Crippen LogP contribution in [-0.2, 0) is 0 Å². The Morgan fingerprint density at radius 3 is 2.39 bits per heavy atom. The molecule has 18 heavy (non-hydrogen) atoms. The molecule has 1 rings (SSSR count). The predicted octanol–water partition coefficient (Wildman–Crippen LogP) is 4.77. The van der Waals surface area contributed by atoms with E-state index in [9.17, 15) is 4.79 Å². The minimum absolute atomic E-state index is 0.126. The van der Waals surface area contributed by atoms with Crippen LogP contribution in [0.3, 0.4) is 0 Å². The Balaban J connectivity index is 2.94. The third kappa shape index (κ3) is 4.22. The number of carbonyl (C=O) groups is 1. The minimum atomic E-state index is -0.286. The summed E-state index contributed by atoms with van der Waals surface area (Å²) < 4.78 is 0.792. The molecule has 1 aromatic carbocycles. The molecule has 0 atom stereocenters. The van der Waals surface area contributed by atoms with Gasteiger partial charge in [-0.25, -0.2) is 0 Å². The fourth-order valence-corrected chi connectivity index (χ4v) is 4.24. The molecule has 0 unspecified atom stereocenters. The van der Waals surface area contributed by atoms with E-state index in [0.29, 0.717) is 21.2 Å². The Labute approximate surface area is 137 Å². The summed E-state index contributed by atoms with van der Waals surface area (Å²) >= 11 is 16.2. The van der Waals surface area contributed by atoms with Gasteiger partial charge in [-0.1, -0.05) is 66.3 Å². The maximum absolute atomic E-state index is 12.2. The van der Waals surface area contributed by atoms with Gasteiger partial charge in [-0.2, -0.15) is 0 Å². The second-order valence-corrected chi connectivity index (χ2v) is 6.49. The topological polar surface area (TPSA) is 29.1 Å². The summed E-state index contributed by atoms with van der Waals surface area (Å²) in [6.07, 6.45) is 0.830. The highest BCUT2D eigenvalue weighted by atomic mass is 79.9. The van der Waals surface area contributed by atoms with Crippen LogP contribution in [0.15, 0.2) is 22.7 Å². The molecule has 1 aromatic rings. The van der Waals surface area contributed by atoms with Crippen LogP contribution in [0.4, 0.5) is 0 Å². The highest BCUT2D eigenvalue weighted by molar-refractivity contribution is 9.10. The molecule has 1 amide bonds. The number of benzene rings is 1. The van der Waals surface area contributed by atoms with Gasteiger partial charge in [0.25, 0.3) is 5.91 Å². The largest absolute Gasteiger partial charge is 0.345 e. The molecule has 0 fully saturated rings. The van der Waals surface area contributed by atoms with Crippen molar-refractivity contribution < 1.29 is 4.79 Å². The SMILES string of the molecule is CCC(CBr)(CBr)NC(=O)c1cc(Cl)cc(Br)c1. The van der Waals surface area contributed by atoms with Crippen molar-refractivity contribution in [2.75, 3.05) is 10.7 Å². The molecular weight excluding hydrogens is 449 g/mol. The number of amides is 1. The highest BCUT2D eigenvalue weighted by Crippen LogP contribution is 2.22. The van der Waals surface area contributed by atoms with Crippen molar-refractivity contribution in [3.63, 3.8) is 0 Å². The third-order valence-corrected chi connectivity index (χ3v) is 5.51. The lowest BCUT2D eigenvalue weighted by molar-refractivity contribution is 0.0915. The fraction of sp³-hybridized carbons (Fsp3) is 0.417. The molecule has 0 heterocycles. The van der Waals surface area contributed by atoms with E-state index in [1.165, 1.54) is 0 Å². The summed E-state index contributed by atoms with van der Waals surface area (Å²) in [6.45, 7) is 2.04. The summed E-state index contributed by atoms with van der Waals surface area (Å²) in [5, 5.41) is 4.95. The van der Waals surface area contributed by atoms with E-state index in [4.69, 9.17) is 11.6 Å². The van der Waals surface area contributed by atoms with E-state index >= 15 is 0 Å². The van der Waals surface area contributed by atoms with Gasteiger partial charge in [-0.3, -0.25) is 4.79 Å². The summed E-state index contributed by atoms with van der Waals surface area (Å²) in [7, 11) is 0. The van der Waals surface area contributed by atoms with Crippen molar-refractivity contribution in [2.45, 2.75) is 18.9 Å². The van der Waals surface area contributed by atoms with E-state index in [0.717, 1.165) is 10.9 Å². The van der Waals surface area contributed by atoms with Crippen molar-refractivity contribution in [1.29, 1.82) is 0 Å². The van der Waals surface area contributed by atoms with Gasteiger partial charge in [0.1, 0.15) is 0 Å². The zero-order valence-corrected chi connectivity index (χ0v) is 15.3. The molecule has 0 radical (unpaired) electrons. The highest BCUT2D eigenvalue weighted by Gasteiger charge is 2.28. The first-order chi connectivity index (χ1) is 8.46. The van der Waals surface area contributed by atoms with E-state index in [-0.39, 0.29) is 11.4 Å². The number of nitrogens with one attached hydrogen (secondary N) is 1. The Kier molecular flexibility index (Phi) is 6.65. The second kappa shape index (κ2) is 7.27. The quantitative estimate of drug-likeness (QED) is 0.628. The van der Waals surface area contributed by atoms with Crippen LogP contribution >= 0.6 is 59.4 Å². The van der Waals surface area contributed by atoms with Gasteiger partial charge in [0.2, 0.25) is 0 Å². The summed E-state index contributed by atoms with van der Waals surface area (Å²) in [4.78, 5) is 12.2. The van der Waals surface area contributed by atoms with Crippen molar-refractivity contribution in [3.8, 4) is 0 Å². The molecule has 6 heteroatoms. The lowest BCUT2D eigenvalue weighted by Gasteiger charge is -2.30. The van der Waals surface area contributed by atoms with E-state index in [1.54, 1.807) is 18.2 Å². The minimum Gasteiger partial charge on any atom is -0.345 e. The first-order valence-electron chi connectivity index (χ1n) is 5.37. The number of carbonyl (C=O) groups excluding carboxylic acids is 1. The Bertz CT molecular complexity index is 407. The number of halogens is 4. The number of hydrogen-bond donors (Lipinski definition) is 1. The first kappa shape index (κ1) is 16.5. The van der Waals surface area contributed by atoms with Crippen LogP contribution < -0.4 is 5.32 Å². The smallest absolute Gasteiger partial charge is 0.251 e. The van der Waals surface area contributed by atoms with Crippen molar-refractivity contribution in [1.82, 2.24) is 5.32 Å². The van der Waals surface area contributed by atoms with Crippen LogP contribution in [0.1, 0.15) is 23.7 Å². The maximum atomic E-state index is 12.2. The molecule has 0 saturated carbocycles. The third-order valence-electron chi connectivity index (χ3n) is 2.69. The second-order valence-electron chi connectivity index (χ2n) is 4.01. The van der Waals surface area contributed by atoms with Crippen molar-refractivity contribution in [2.24, 2.45) is 0 Å². The molecule has 0 spiro atoms. The standard InChI is InChI=1S/C12H13Br3ClNO/c1-2-12(6-13,7-14)17-11(18)8-3-9(15)5-10(16)4-8/h3-5H,2,6-7H2,1H3,(H,17,18). The van der Waals surface area contributed by atoms with Crippen molar-refractivity contribution >= 4 is 65.3 Å². The number of hydrogen-bond acceptors (Lipinski definition) is 1. The summed E-state index contributed by atoms with van der Waals surface area (Å²) in [6, 6.07) is 5.16. The zero-order chi connectivity index (χ0) is 13.8. The van der Waals surface area contributed by atoms with Gasteiger partial charge in [0.05, 0.1) is 5.54 Å². The van der Waals surface area contributed by atoms with E-state index < -0.39 is 0 Å². The lowest BCUT2D eigenvalue weighted by atomic mass is 10.0. The van der Waals surface area contributed by atoms with Gasteiger partial charge in [-0.05, 0) is 24.6 Å². The van der Waals surface area contributed by atoms with Crippen LogP contribution in [0.2, 0.25) is 5.02 Å². The molecular formula is C12H13Br3ClNO. The average Bonchev–Trinajstić information content (AvgIpc) is 2.35. The number of alkyl halides is 2. The molecule has 0 saturated heterocycles. The summed E-state index contributed by atoms with van der Waals surface area (Å²) in [5.41, 5.74) is 0.264. The number of rotatable bonds is 5. The van der Waals surface area contributed by atoms with E-state index in [1.807, 2.05) is 6.92 Å². The predicted molar refractivity (Wildman–Crippen MR) is 87.2 cm³/mol. The van der Waals surface area contributed by atoms with Gasteiger partial charge >= 0.3 is 0 Å². The van der Waals surface area contributed by atoms with Crippen LogP contribution in [0, 0.1) is 0 Å². The van der Waals surface area contributed by atoms with Crippen LogP contribution in [0.25, 0.3) is 0 Å². The lowest BCUT2D eigenvalue weighted by Crippen LogP contribution is -2.51. The van der Waals surface area contributed by atoms with E-state index in [2.05, 4.69) is 53.1 Å². The Hall–Kier alpha value is 0.420. The van der Waals surface area contributed by atoms with Gasteiger partial charge in [-0.15, -0.1) is 0 Å². The maximum Gasteiger partial charge on any atom is 0.251 e.